The Balaban J connectivity index is 1.42. The van der Waals surface area contributed by atoms with Crippen molar-refractivity contribution >= 4 is 38.2 Å². The van der Waals surface area contributed by atoms with Crippen molar-refractivity contribution < 1.29 is 31.5 Å². The Hall–Kier alpha value is -3.19. The number of anilines is 1. The predicted octanol–water partition coefficient (Wildman–Crippen LogP) is 3.82. The first kappa shape index (κ1) is 26.9. The van der Waals surface area contributed by atoms with Gasteiger partial charge in [0.05, 0.1) is 13.2 Å². The van der Waals surface area contributed by atoms with Gasteiger partial charge in [-0.25, -0.2) is 22.0 Å². The SMILES string of the molecule is CCOC(=O)c1c(-c2ccccc2)csc1NC(=O)CN1CCN(S(=O)(=O)c2c(F)cccc2F)CC1. The number of piperazine rings is 1. The predicted molar refractivity (Wildman–Crippen MR) is 136 cm³/mol. The topological polar surface area (TPSA) is 96.0 Å². The number of amides is 1. The molecule has 1 saturated heterocycles. The quantitative estimate of drug-likeness (QED) is 0.430. The summed E-state index contributed by atoms with van der Waals surface area (Å²) in [5, 5.41) is 4.92. The molecule has 12 heteroatoms. The van der Waals surface area contributed by atoms with Gasteiger partial charge in [0.2, 0.25) is 15.9 Å². The lowest BCUT2D eigenvalue weighted by molar-refractivity contribution is -0.117. The highest BCUT2D eigenvalue weighted by atomic mass is 32.2. The van der Waals surface area contributed by atoms with Gasteiger partial charge < -0.3 is 10.1 Å². The summed E-state index contributed by atoms with van der Waals surface area (Å²) >= 11 is 1.21. The second-order valence-corrected chi connectivity index (χ2v) is 11.0. The molecule has 1 fully saturated rings. The first-order valence-electron chi connectivity index (χ1n) is 11.5. The molecule has 1 N–H and O–H groups in total. The van der Waals surface area contributed by atoms with Crippen LogP contribution in [-0.4, -0.2) is 68.8 Å². The molecular weight excluding hydrogens is 524 g/mol. The van der Waals surface area contributed by atoms with Gasteiger partial charge in [-0.3, -0.25) is 9.69 Å². The lowest BCUT2D eigenvalue weighted by Crippen LogP contribution is -2.50. The Labute approximate surface area is 217 Å². The minimum atomic E-state index is -4.36. The molecule has 0 bridgehead atoms. The van der Waals surface area contributed by atoms with Crippen molar-refractivity contribution in [2.24, 2.45) is 0 Å². The molecule has 2 aromatic carbocycles. The molecule has 1 aliphatic heterocycles. The number of nitrogens with one attached hydrogen (secondary N) is 1. The minimum Gasteiger partial charge on any atom is -0.462 e. The Bertz CT molecular complexity index is 1370. The standard InChI is InChI=1S/C25H25F2N3O5S2/c1-2-35-25(32)22-18(17-7-4-3-5-8-17)16-36-24(22)28-21(31)15-29-11-13-30(14-12-29)37(33,34)23-19(26)9-6-10-20(23)27/h3-10,16H,2,11-15H2,1H3,(H,28,31). The van der Waals surface area contributed by atoms with Crippen LogP contribution in [0.2, 0.25) is 0 Å². The number of hydrogen-bond acceptors (Lipinski definition) is 7. The normalized spacial score (nSPS) is 14.9. The van der Waals surface area contributed by atoms with Gasteiger partial charge in [0.1, 0.15) is 22.2 Å². The molecule has 8 nitrogen and oxygen atoms in total. The van der Waals surface area contributed by atoms with Crippen LogP contribution < -0.4 is 5.32 Å². The van der Waals surface area contributed by atoms with Crippen molar-refractivity contribution in [1.29, 1.82) is 0 Å². The fourth-order valence-corrected chi connectivity index (χ4v) is 6.55. The summed E-state index contributed by atoms with van der Waals surface area (Å²) in [6.07, 6.45) is 0. The van der Waals surface area contributed by atoms with Crippen molar-refractivity contribution in [3.8, 4) is 11.1 Å². The number of rotatable bonds is 8. The third-order valence-corrected chi connectivity index (χ3v) is 8.67. The van der Waals surface area contributed by atoms with Gasteiger partial charge in [0.25, 0.3) is 0 Å². The van der Waals surface area contributed by atoms with E-state index in [4.69, 9.17) is 4.74 Å². The van der Waals surface area contributed by atoms with Crippen LogP contribution in [0.4, 0.5) is 13.8 Å². The molecule has 196 valence electrons. The number of sulfonamides is 1. The van der Waals surface area contributed by atoms with Crippen LogP contribution in [0, 0.1) is 11.6 Å². The van der Waals surface area contributed by atoms with E-state index >= 15 is 0 Å². The second kappa shape index (κ2) is 11.5. The summed E-state index contributed by atoms with van der Waals surface area (Å²) in [6, 6.07) is 12.2. The number of esters is 1. The Morgan fingerprint density at radius 3 is 2.27 bits per heavy atom. The molecule has 1 aliphatic rings. The molecular formula is C25H25F2N3O5S2. The number of halogens is 2. The molecule has 0 atom stereocenters. The maximum Gasteiger partial charge on any atom is 0.341 e. The van der Waals surface area contributed by atoms with Gasteiger partial charge in [-0.1, -0.05) is 36.4 Å². The fraction of sp³-hybridized carbons (Fsp3) is 0.280. The molecule has 1 amide bonds. The third kappa shape index (κ3) is 5.87. The number of benzene rings is 2. The summed E-state index contributed by atoms with van der Waals surface area (Å²) in [6.45, 7) is 2.14. The first-order valence-corrected chi connectivity index (χ1v) is 13.8. The van der Waals surface area contributed by atoms with Gasteiger partial charge in [-0.05, 0) is 24.6 Å². The highest BCUT2D eigenvalue weighted by Gasteiger charge is 2.33. The third-order valence-electron chi connectivity index (χ3n) is 5.82. The summed E-state index contributed by atoms with van der Waals surface area (Å²) in [7, 11) is -4.36. The Morgan fingerprint density at radius 1 is 1.00 bits per heavy atom. The number of thiophene rings is 1. The van der Waals surface area contributed by atoms with Crippen molar-refractivity contribution in [2.45, 2.75) is 11.8 Å². The molecule has 0 saturated carbocycles. The average molecular weight is 550 g/mol. The van der Waals surface area contributed by atoms with Crippen LogP contribution in [0.5, 0.6) is 0 Å². The van der Waals surface area contributed by atoms with Gasteiger partial charge >= 0.3 is 5.97 Å². The van der Waals surface area contributed by atoms with Gasteiger partial charge in [0.15, 0.2) is 4.90 Å². The smallest absolute Gasteiger partial charge is 0.341 e. The van der Waals surface area contributed by atoms with E-state index in [2.05, 4.69) is 5.32 Å². The zero-order valence-electron chi connectivity index (χ0n) is 19.9. The summed E-state index contributed by atoms with van der Waals surface area (Å²) in [5.41, 5.74) is 1.73. The molecule has 0 radical (unpaired) electrons. The maximum absolute atomic E-state index is 14.1. The van der Waals surface area contributed by atoms with E-state index in [1.54, 1.807) is 17.2 Å². The first-order chi connectivity index (χ1) is 17.7. The fourth-order valence-electron chi connectivity index (χ4n) is 4.04. The molecule has 0 unspecified atom stereocenters. The molecule has 0 aliphatic carbocycles. The van der Waals surface area contributed by atoms with Gasteiger partial charge in [0, 0.05) is 37.1 Å². The number of carbonyl (C=O) groups is 2. The van der Waals surface area contributed by atoms with Crippen LogP contribution in [0.25, 0.3) is 11.1 Å². The zero-order valence-corrected chi connectivity index (χ0v) is 21.6. The van der Waals surface area contributed by atoms with Crippen LogP contribution in [-0.2, 0) is 19.6 Å². The van der Waals surface area contributed by atoms with Gasteiger partial charge in [-0.15, -0.1) is 11.3 Å². The lowest BCUT2D eigenvalue weighted by Gasteiger charge is -2.33. The molecule has 4 rings (SSSR count). The van der Waals surface area contributed by atoms with Crippen LogP contribution in [0.15, 0.2) is 58.8 Å². The summed E-state index contributed by atoms with van der Waals surface area (Å²) in [5.74, 6) is -3.23. The Kier molecular flexibility index (Phi) is 8.32. The van der Waals surface area contributed by atoms with Gasteiger partial charge in [-0.2, -0.15) is 4.31 Å². The van der Waals surface area contributed by atoms with E-state index < -0.39 is 32.5 Å². The van der Waals surface area contributed by atoms with Crippen LogP contribution in [0.1, 0.15) is 17.3 Å². The molecule has 37 heavy (non-hydrogen) atoms. The monoisotopic (exact) mass is 549 g/mol. The summed E-state index contributed by atoms with van der Waals surface area (Å²) < 4.78 is 59.9. The average Bonchev–Trinajstić information content (AvgIpc) is 3.28. The molecule has 2 heterocycles. The minimum absolute atomic E-state index is 0.0331. The largest absolute Gasteiger partial charge is 0.462 e. The lowest BCUT2D eigenvalue weighted by atomic mass is 10.0. The zero-order chi connectivity index (χ0) is 26.6. The highest BCUT2D eigenvalue weighted by Crippen LogP contribution is 2.36. The Morgan fingerprint density at radius 2 is 1.65 bits per heavy atom. The van der Waals surface area contributed by atoms with E-state index in [1.165, 1.54) is 11.3 Å². The maximum atomic E-state index is 14.1. The van der Waals surface area contributed by atoms with Crippen molar-refractivity contribution in [2.75, 3.05) is 44.6 Å². The van der Waals surface area contributed by atoms with E-state index in [0.717, 1.165) is 28.1 Å². The van der Waals surface area contributed by atoms with Crippen molar-refractivity contribution in [1.82, 2.24) is 9.21 Å². The number of carbonyl (C=O) groups excluding carboxylic acids is 2. The molecule has 0 spiro atoms. The summed E-state index contributed by atoms with van der Waals surface area (Å²) in [4.78, 5) is 26.3. The van der Waals surface area contributed by atoms with Crippen LogP contribution in [0.3, 0.4) is 0 Å². The van der Waals surface area contributed by atoms with Crippen molar-refractivity contribution in [3.63, 3.8) is 0 Å². The van der Waals surface area contributed by atoms with E-state index in [0.29, 0.717) is 10.6 Å². The van der Waals surface area contributed by atoms with E-state index in [-0.39, 0.29) is 50.8 Å². The second-order valence-electron chi connectivity index (χ2n) is 8.22. The molecule has 1 aromatic heterocycles. The highest BCUT2D eigenvalue weighted by molar-refractivity contribution is 7.89. The van der Waals surface area contributed by atoms with Crippen molar-refractivity contribution in [3.05, 3.63) is 71.1 Å². The van der Waals surface area contributed by atoms with E-state index in [9.17, 15) is 26.8 Å². The number of hydrogen-bond donors (Lipinski definition) is 1. The van der Waals surface area contributed by atoms with Crippen LogP contribution >= 0.6 is 11.3 Å². The number of nitrogens with zero attached hydrogens (tertiary/aromatic N) is 2. The number of ether oxygens (including phenoxy) is 1. The van der Waals surface area contributed by atoms with E-state index in [1.807, 2.05) is 30.3 Å². The molecule has 3 aromatic rings.